The molecule has 2 amide bonds. The highest BCUT2D eigenvalue weighted by molar-refractivity contribution is 6.03. The first-order chi connectivity index (χ1) is 14.3. The molecule has 0 atom stereocenters. The molecule has 0 bridgehead atoms. The van der Waals surface area contributed by atoms with Crippen molar-refractivity contribution in [1.82, 2.24) is 9.55 Å². The third-order valence-corrected chi connectivity index (χ3v) is 4.42. The van der Waals surface area contributed by atoms with Gasteiger partial charge in [-0.25, -0.2) is 9.78 Å². The number of hydrogen-bond donors (Lipinski definition) is 2. The van der Waals surface area contributed by atoms with E-state index >= 15 is 0 Å². The molecule has 0 saturated carbocycles. The van der Waals surface area contributed by atoms with Gasteiger partial charge in [-0.1, -0.05) is 12.1 Å². The van der Waals surface area contributed by atoms with Gasteiger partial charge >= 0.3 is 5.97 Å². The Hall–Kier alpha value is -4.01. The zero-order valence-electron chi connectivity index (χ0n) is 16.5. The van der Waals surface area contributed by atoms with Crippen molar-refractivity contribution in [3.63, 3.8) is 0 Å². The van der Waals surface area contributed by atoms with Crippen LogP contribution >= 0.6 is 0 Å². The predicted molar refractivity (Wildman–Crippen MR) is 110 cm³/mol. The molecular formula is C21H20N4O5. The molecule has 0 saturated heterocycles. The number of amides is 2. The van der Waals surface area contributed by atoms with Gasteiger partial charge in [0.15, 0.2) is 6.61 Å². The van der Waals surface area contributed by atoms with Gasteiger partial charge in [-0.15, -0.1) is 0 Å². The molecule has 0 aliphatic carbocycles. The first-order valence-electron chi connectivity index (χ1n) is 9.18. The average molecular weight is 408 g/mol. The van der Waals surface area contributed by atoms with Gasteiger partial charge in [0.2, 0.25) is 5.43 Å². The average Bonchev–Trinajstić information content (AvgIpc) is 2.72. The second kappa shape index (κ2) is 8.56. The monoisotopic (exact) mass is 408 g/mol. The van der Waals surface area contributed by atoms with Gasteiger partial charge in [0.1, 0.15) is 11.2 Å². The van der Waals surface area contributed by atoms with Crippen LogP contribution in [-0.2, 0) is 16.1 Å². The molecule has 2 aromatic heterocycles. The van der Waals surface area contributed by atoms with Gasteiger partial charge in [-0.05, 0) is 38.1 Å². The summed E-state index contributed by atoms with van der Waals surface area (Å²) in [7, 11) is 0. The van der Waals surface area contributed by atoms with E-state index in [1.165, 1.54) is 18.3 Å². The molecule has 1 aromatic carbocycles. The second-order valence-electron chi connectivity index (χ2n) is 6.52. The normalized spacial score (nSPS) is 10.6. The van der Waals surface area contributed by atoms with E-state index in [9.17, 15) is 19.2 Å². The lowest BCUT2D eigenvalue weighted by molar-refractivity contribution is -0.119. The summed E-state index contributed by atoms with van der Waals surface area (Å²) < 4.78 is 6.68. The van der Waals surface area contributed by atoms with Gasteiger partial charge in [0.05, 0.1) is 16.6 Å². The van der Waals surface area contributed by atoms with Crippen LogP contribution < -0.4 is 16.5 Å². The van der Waals surface area contributed by atoms with Crippen LogP contribution in [0.4, 0.5) is 5.69 Å². The molecule has 30 heavy (non-hydrogen) atoms. The number of aromatic nitrogens is 2. The number of nitrogens with two attached hydrogens (primary N) is 1. The standard InChI is InChI=1S/C21H20N4O5/c1-3-25-10-15(18(27)14-9-8-12(2)23-20(14)25)21(29)30-11-17(26)24-16-7-5-4-6-13(16)19(22)28/h4-10H,3,11H2,1-2H3,(H2,22,28)(H,24,26). The molecule has 154 valence electrons. The number of rotatable bonds is 6. The highest BCUT2D eigenvalue weighted by Gasteiger charge is 2.19. The number of pyridine rings is 2. The maximum absolute atomic E-state index is 12.7. The first-order valence-corrected chi connectivity index (χ1v) is 9.18. The van der Waals surface area contributed by atoms with E-state index in [1.54, 1.807) is 35.8 Å². The summed E-state index contributed by atoms with van der Waals surface area (Å²) in [6.07, 6.45) is 1.37. The van der Waals surface area contributed by atoms with Crippen LogP contribution in [0, 0.1) is 6.92 Å². The summed E-state index contributed by atoms with van der Waals surface area (Å²) in [6.45, 7) is 3.51. The van der Waals surface area contributed by atoms with Crippen LogP contribution in [-0.4, -0.2) is 33.9 Å². The summed E-state index contributed by atoms with van der Waals surface area (Å²) in [5, 5.41) is 2.75. The van der Waals surface area contributed by atoms with E-state index < -0.39 is 29.8 Å². The number of nitrogens with zero attached hydrogens (tertiary/aromatic N) is 2. The quantitative estimate of drug-likeness (QED) is 0.596. The molecule has 0 radical (unpaired) electrons. The summed E-state index contributed by atoms with van der Waals surface area (Å²) >= 11 is 0. The fourth-order valence-corrected chi connectivity index (χ4v) is 2.95. The van der Waals surface area contributed by atoms with Gasteiger partial charge < -0.3 is 20.4 Å². The zero-order valence-corrected chi connectivity index (χ0v) is 16.5. The Morgan fingerprint density at radius 3 is 2.57 bits per heavy atom. The Bertz CT molecular complexity index is 1220. The number of para-hydroxylation sites is 1. The number of carbonyl (C=O) groups excluding carboxylic acids is 3. The number of anilines is 1. The number of esters is 1. The number of carbonyl (C=O) groups is 3. The summed E-state index contributed by atoms with van der Waals surface area (Å²) in [6, 6.07) is 9.47. The van der Waals surface area contributed by atoms with Gasteiger partial charge in [0, 0.05) is 18.4 Å². The van der Waals surface area contributed by atoms with Crippen molar-refractivity contribution in [3.05, 3.63) is 69.6 Å². The molecule has 3 aromatic rings. The van der Waals surface area contributed by atoms with Crippen LogP contribution in [0.25, 0.3) is 11.0 Å². The number of ether oxygens (including phenoxy) is 1. The van der Waals surface area contributed by atoms with Gasteiger partial charge in [-0.3, -0.25) is 14.4 Å². The lowest BCUT2D eigenvalue weighted by atomic mass is 10.1. The third-order valence-electron chi connectivity index (χ3n) is 4.42. The molecule has 9 heteroatoms. The Morgan fingerprint density at radius 2 is 1.87 bits per heavy atom. The fourth-order valence-electron chi connectivity index (χ4n) is 2.95. The molecule has 0 aliphatic rings. The largest absolute Gasteiger partial charge is 0.452 e. The van der Waals surface area contributed by atoms with Crippen molar-refractivity contribution in [1.29, 1.82) is 0 Å². The Kier molecular flexibility index (Phi) is 5.91. The Labute approximate surface area is 171 Å². The lowest BCUT2D eigenvalue weighted by Gasteiger charge is -2.12. The Balaban J connectivity index is 1.78. The van der Waals surface area contributed by atoms with E-state index in [1.807, 2.05) is 6.92 Å². The zero-order chi connectivity index (χ0) is 21.8. The van der Waals surface area contributed by atoms with Gasteiger partial charge in [-0.2, -0.15) is 0 Å². The minimum absolute atomic E-state index is 0.125. The molecule has 2 heterocycles. The molecule has 0 aliphatic heterocycles. The van der Waals surface area contributed by atoms with Crippen molar-refractivity contribution in [2.24, 2.45) is 5.73 Å². The lowest BCUT2D eigenvalue weighted by Crippen LogP contribution is -2.26. The van der Waals surface area contributed by atoms with E-state index in [-0.39, 0.29) is 22.2 Å². The van der Waals surface area contributed by atoms with Crippen molar-refractivity contribution in [3.8, 4) is 0 Å². The minimum Gasteiger partial charge on any atom is -0.452 e. The number of nitrogens with one attached hydrogen (secondary N) is 1. The van der Waals surface area contributed by atoms with Crippen LogP contribution in [0.3, 0.4) is 0 Å². The molecule has 0 spiro atoms. The van der Waals surface area contributed by atoms with E-state index in [0.29, 0.717) is 12.2 Å². The van der Waals surface area contributed by atoms with E-state index in [4.69, 9.17) is 10.5 Å². The minimum atomic E-state index is -0.928. The number of aryl methyl sites for hydroxylation is 2. The summed E-state index contributed by atoms with van der Waals surface area (Å²) in [5.41, 5.74) is 6.09. The highest BCUT2D eigenvalue weighted by atomic mass is 16.5. The summed E-state index contributed by atoms with van der Waals surface area (Å²) in [5.74, 6) is -2.31. The van der Waals surface area contributed by atoms with E-state index in [2.05, 4.69) is 10.3 Å². The molecule has 0 unspecified atom stereocenters. The molecule has 0 fully saturated rings. The smallest absolute Gasteiger partial charge is 0.344 e. The van der Waals surface area contributed by atoms with Crippen LogP contribution in [0.1, 0.15) is 33.3 Å². The Morgan fingerprint density at radius 1 is 1.13 bits per heavy atom. The molecule has 3 rings (SSSR count). The van der Waals surface area contributed by atoms with Crippen molar-refractivity contribution in [2.45, 2.75) is 20.4 Å². The van der Waals surface area contributed by atoms with Crippen LogP contribution in [0.5, 0.6) is 0 Å². The fraction of sp³-hybridized carbons (Fsp3) is 0.190. The molecule has 3 N–H and O–H groups in total. The second-order valence-corrected chi connectivity index (χ2v) is 6.52. The van der Waals surface area contributed by atoms with Crippen LogP contribution in [0.2, 0.25) is 0 Å². The molecular weight excluding hydrogens is 388 g/mol. The van der Waals surface area contributed by atoms with Crippen molar-refractivity contribution >= 4 is 34.5 Å². The van der Waals surface area contributed by atoms with Gasteiger partial charge in [0.25, 0.3) is 11.8 Å². The number of benzene rings is 1. The maximum atomic E-state index is 12.7. The number of fused-ring (bicyclic) bond motifs is 1. The number of primary amides is 1. The topological polar surface area (TPSA) is 133 Å². The number of hydrogen-bond acceptors (Lipinski definition) is 6. The SMILES string of the molecule is CCn1cc(C(=O)OCC(=O)Nc2ccccc2C(N)=O)c(=O)c2ccc(C)nc21. The third kappa shape index (κ3) is 4.19. The molecule has 9 nitrogen and oxygen atoms in total. The van der Waals surface area contributed by atoms with Crippen molar-refractivity contribution in [2.75, 3.05) is 11.9 Å². The van der Waals surface area contributed by atoms with Crippen LogP contribution in [0.15, 0.2) is 47.4 Å². The van der Waals surface area contributed by atoms with Crippen molar-refractivity contribution < 1.29 is 19.1 Å². The van der Waals surface area contributed by atoms with E-state index in [0.717, 1.165) is 5.69 Å². The summed E-state index contributed by atoms with van der Waals surface area (Å²) in [4.78, 5) is 53.1. The maximum Gasteiger partial charge on any atom is 0.344 e. The predicted octanol–water partition coefficient (Wildman–Crippen LogP) is 1.62. The first kappa shape index (κ1) is 20.7. The highest BCUT2D eigenvalue weighted by Crippen LogP contribution is 2.14.